The molecule has 17 nitrogen and oxygen atoms in total. The van der Waals surface area contributed by atoms with Crippen LogP contribution >= 0.6 is 0 Å². The van der Waals surface area contributed by atoms with Crippen molar-refractivity contribution < 1.29 is 33.2 Å². The molecule has 18 heteroatoms. The van der Waals surface area contributed by atoms with E-state index in [1.165, 1.54) is 17.4 Å². The predicted octanol–water partition coefficient (Wildman–Crippen LogP) is 7.62. The number of H-pyrrole nitrogens is 1. The predicted molar refractivity (Wildman–Crippen MR) is 255 cm³/mol. The molecule has 5 heterocycles. The monoisotopic (exact) mass is 929 g/mol. The Labute approximate surface area is 390 Å². The Morgan fingerprint density at radius 1 is 0.836 bits per heavy atom. The number of aromatic amines is 1. The molecule has 0 bridgehead atoms. The van der Waals surface area contributed by atoms with E-state index in [2.05, 4.69) is 30.7 Å². The molecule has 2 atom stereocenters. The standard InChI is InChI=1S/C49H55N9O8S/c1-3-67(64)54-32-19-21-42(38(27-32)39-30-56(2)49(63)45-36(39)23-25-51-45)66-35-16-13-15-34(28-35)65-31-33-29-57(55-53-33)26-12-10-8-6-4-5-7-9-11-24-50-40-18-14-17-37-44(40)48(62)58(47(37)61)41-20-22-43(59)52-46(41)60/h13-19,21,23,25,27-30,41,50-51,54H,3-12,20,22,24,26,31H2,1-2H3,(H,52,59,60). The van der Waals surface area contributed by atoms with E-state index in [-0.39, 0.29) is 36.1 Å². The highest BCUT2D eigenvalue weighted by Crippen LogP contribution is 2.39. The Bertz CT molecular complexity index is 2820. The zero-order valence-electron chi connectivity index (χ0n) is 37.7. The number of piperidine rings is 1. The van der Waals surface area contributed by atoms with Crippen LogP contribution in [0.3, 0.4) is 0 Å². The molecule has 0 saturated carbocycles. The van der Waals surface area contributed by atoms with Crippen LogP contribution in [0.4, 0.5) is 11.4 Å². The fourth-order valence-corrected chi connectivity index (χ4v) is 9.06. The number of anilines is 2. The van der Waals surface area contributed by atoms with Gasteiger partial charge in [-0.3, -0.25) is 38.9 Å². The van der Waals surface area contributed by atoms with Gasteiger partial charge in [-0.2, -0.15) is 0 Å². The number of pyridine rings is 1. The quantitative estimate of drug-likeness (QED) is 0.0277. The van der Waals surface area contributed by atoms with Gasteiger partial charge in [0.15, 0.2) is 0 Å². The molecule has 8 rings (SSSR count). The summed E-state index contributed by atoms with van der Waals surface area (Å²) in [5.41, 5.74) is 4.38. The second-order valence-electron chi connectivity index (χ2n) is 16.8. The van der Waals surface area contributed by atoms with Crippen molar-refractivity contribution in [2.45, 2.75) is 96.7 Å². The van der Waals surface area contributed by atoms with Crippen molar-refractivity contribution in [2.75, 3.05) is 22.3 Å². The molecule has 0 radical (unpaired) electrons. The van der Waals surface area contributed by atoms with E-state index in [1.807, 2.05) is 66.3 Å². The summed E-state index contributed by atoms with van der Waals surface area (Å²) >= 11 is -1.25. The van der Waals surface area contributed by atoms with Crippen LogP contribution in [0.1, 0.15) is 104 Å². The van der Waals surface area contributed by atoms with Gasteiger partial charge >= 0.3 is 0 Å². The second-order valence-corrected chi connectivity index (χ2v) is 18.3. The topological polar surface area (TPSA) is 218 Å². The molecule has 4 N–H and O–H groups in total. The normalized spacial score (nSPS) is 15.2. The summed E-state index contributed by atoms with van der Waals surface area (Å²) in [5.74, 6) is 0.133. The van der Waals surface area contributed by atoms with Crippen molar-refractivity contribution in [3.8, 4) is 28.4 Å². The van der Waals surface area contributed by atoms with Gasteiger partial charge in [0.05, 0.1) is 34.4 Å². The van der Waals surface area contributed by atoms with Gasteiger partial charge in [-0.25, -0.2) is 4.72 Å². The van der Waals surface area contributed by atoms with Gasteiger partial charge in [0, 0.05) is 67.2 Å². The van der Waals surface area contributed by atoms with Crippen LogP contribution in [-0.4, -0.2) is 76.0 Å². The number of carbonyl (C=O) groups excluding carboxylic acids is 4. The van der Waals surface area contributed by atoms with Gasteiger partial charge in [-0.05, 0) is 74.7 Å². The summed E-state index contributed by atoms with van der Waals surface area (Å²) in [6, 6.07) is 18.9. The van der Waals surface area contributed by atoms with Gasteiger partial charge in [0.2, 0.25) is 11.8 Å². The molecule has 67 heavy (non-hydrogen) atoms. The third-order valence-electron chi connectivity index (χ3n) is 12.0. The molecule has 350 valence electrons. The molecule has 2 unspecified atom stereocenters. The number of hydrogen-bond donors (Lipinski definition) is 4. The van der Waals surface area contributed by atoms with E-state index in [4.69, 9.17) is 9.47 Å². The number of ether oxygens (including phenoxy) is 2. The highest BCUT2D eigenvalue weighted by atomic mass is 32.2. The van der Waals surface area contributed by atoms with Crippen LogP contribution in [0.2, 0.25) is 0 Å². The zero-order valence-corrected chi connectivity index (χ0v) is 38.5. The lowest BCUT2D eigenvalue weighted by molar-refractivity contribution is -0.136. The summed E-state index contributed by atoms with van der Waals surface area (Å²) in [7, 11) is 1.71. The van der Waals surface area contributed by atoms with Crippen LogP contribution < -0.4 is 30.4 Å². The van der Waals surface area contributed by atoms with E-state index in [1.54, 1.807) is 37.6 Å². The number of carbonyl (C=O) groups is 4. The number of benzene rings is 3. The number of rotatable bonds is 23. The Balaban J connectivity index is 0.728. The van der Waals surface area contributed by atoms with Crippen LogP contribution in [0.5, 0.6) is 17.2 Å². The van der Waals surface area contributed by atoms with Crippen molar-refractivity contribution in [3.63, 3.8) is 0 Å². The number of nitrogens with zero attached hydrogens (tertiary/aromatic N) is 5. The van der Waals surface area contributed by atoms with Crippen molar-refractivity contribution >= 4 is 57.3 Å². The first-order chi connectivity index (χ1) is 32.6. The molecular weight excluding hydrogens is 875 g/mol. The van der Waals surface area contributed by atoms with Crippen LogP contribution in [0.25, 0.3) is 22.0 Å². The first-order valence-electron chi connectivity index (χ1n) is 22.9. The lowest BCUT2D eigenvalue weighted by atomic mass is 10.0. The highest BCUT2D eigenvalue weighted by molar-refractivity contribution is 7.92. The van der Waals surface area contributed by atoms with Crippen LogP contribution in [0, 0.1) is 0 Å². The van der Waals surface area contributed by atoms with Crippen LogP contribution in [0.15, 0.2) is 90.1 Å². The van der Waals surface area contributed by atoms with Gasteiger partial charge in [-0.1, -0.05) is 62.3 Å². The SMILES string of the molecule is CC[S+]([O-])Nc1ccc(Oc2cccc(OCc3cn(CCCCCCCCCCCNc4cccc5c4C(=O)N(C4CCC(=O)NC4=O)C5=O)nn3)c2)c(-c2cn(C)c(=O)c3[nH]ccc23)c1. The largest absolute Gasteiger partial charge is 0.593 e. The minimum Gasteiger partial charge on any atom is -0.593 e. The summed E-state index contributed by atoms with van der Waals surface area (Å²) in [4.78, 5) is 67.3. The number of amides is 4. The lowest BCUT2D eigenvalue weighted by Crippen LogP contribution is -2.54. The second kappa shape index (κ2) is 21.6. The minimum absolute atomic E-state index is 0.0855. The Kier molecular flexibility index (Phi) is 15.0. The van der Waals surface area contributed by atoms with Gasteiger partial charge in [0.1, 0.15) is 46.9 Å². The molecule has 1 saturated heterocycles. The van der Waals surface area contributed by atoms with Gasteiger partial charge < -0.3 is 28.9 Å². The third-order valence-corrected chi connectivity index (χ3v) is 13.0. The summed E-state index contributed by atoms with van der Waals surface area (Å²) in [6.45, 7) is 3.52. The van der Waals surface area contributed by atoms with Crippen molar-refractivity contribution in [1.82, 2.24) is 34.8 Å². The maximum Gasteiger partial charge on any atom is 0.274 e. The van der Waals surface area contributed by atoms with E-state index >= 15 is 0 Å². The average molecular weight is 930 g/mol. The molecular formula is C49H55N9O8S. The van der Waals surface area contributed by atoms with E-state index < -0.39 is 41.0 Å². The number of nitrogens with one attached hydrogen (secondary N) is 4. The number of imide groups is 2. The van der Waals surface area contributed by atoms with Gasteiger partial charge in [-0.15, -0.1) is 5.10 Å². The Morgan fingerprint density at radius 2 is 1.60 bits per heavy atom. The molecule has 0 spiro atoms. The Morgan fingerprint density at radius 3 is 2.39 bits per heavy atom. The number of aromatic nitrogens is 5. The number of aryl methyl sites for hydroxylation is 2. The number of hydrogen-bond acceptors (Lipinski definition) is 12. The van der Waals surface area contributed by atoms with Gasteiger partial charge in [0.25, 0.3) is 17.4 Å². The summed E-state index contributed by atoms with van der Waals surface area (Å²) < 4.78 is 31.3. The molecule has 1 fully saturated rings. The fourth-order valence-electron chi connectivity index (χ4n) is 8.53. The van der Waals surface area contributed by atoms with E-state index in [9.17, 15) is 28.5 Å². The third kappa shape index (κ3) is 11.0. The smallest absolute Gasteiger partial charge is 0.274 e. The van der Waals surface area contributed by atoms with Crippen LogP contribution in [-0.2, 0) is 41.2 Å². The minimum atomic E-state index is -1.25. The average Bonchev–Trinajstić information content (AvgIpc) is 4.07. The molecule has 6 aromatic rings. The molecule has 4 amide bonds. The maximum absolute atomic E-state index is 13.3. The number of unbranched alkanes of at least 4 members (excludes halogenated alkanes) is 8. The van der Waals surface area contributed by atoms with Crippen molar-refractivity contribution in [1.29, 1.82) is 0 Å². The highest BCUT2D eigenvalue weighted by Gasteiger charge is 2.45. The molecule has 2 aliphatic rings. The molecule has 3 aromatic heterocycles. The zero-order chi connectivity index (χ0) is 46.9. The maximum atomic E-state index is 13.3. The van der Waals surface area contributed by atoms with E-state index in [0.29, 0.717) is 52.1 Å². The summed E-state index contributed by atoms with van der Waals surface area (Å²) in [6.07, 6.45) is 15.5. The molecule has 0 aliphatic carbocycles. The van der Waals surface area contributed by atoms with Crippen molar-refractivity contribution in [3.05, 3.63) is 112 Å². The first-order valence-corrected chi connectivity index (χ1v) is 24.2. The number of fused-ring (bicyclic) bond motifs is 2. The molecule has 2 aliphatic heterocycles. The molecule has 3 aromatic carbocycles. The summed E-state index contributed by atoms with van der Waals surface area (Å²) in [5, 5.41) is 14.9. The van der Waals surface area contributed by atoms with E-state index in [0.717, 1.165) is 72.9 Å². The first kappa shape index (κ1) is 46.6. The lowest BCUT2D eigenvalue weighted by Gasteiger charge is -2.27. The van der Waals surface area contributed by atoms with Crippen molar-refractivity contribution in [2.24, 2.45) is 7.05 Å². The fraction of sp³-hybridized carbons (Fsp3) is 0.367. The Hall–Kier alpha value is -6.92.